The number of aliphatic hydroxyl groups is 1. The molecule has 1 fully saturated rings. The van der Waals surface area contributed by atoms with Gasteiger partial charge in [-0.05, 0) is 37.7 Å². The third-order valence-electron chi connectivity index (χ3n) is 3.24. The summed E-state index contributed by atoms with van der Waals surface area (Å²) >= 11 is 0. The lowest BCUT2D eigenvalue weighted by molar-refractivity contribution is 0.0641. The molecule has 0 aromatic rings. The number of rotatable bonds is 0. The van der Waals surface area contributed by atoms with E-state index in [2.05, 4.69) is 12.7 Å². The lowest BCUT2D eigenvalue weighted by Gasteiger charge is -2.31. The van der Waals surface area contributed by atoms with Crippen molar-refractivity contribution < 1.29 is 5.11 Å². The fourth-order valence-corrected chi connectivity index (χ4v) is 2.46. The molecule has 2 bridgehead atoms. The number of fused-ring (bicyclic) bond motifs is 3. The van der Waals surface area contributed by atoms with Gasteiger partial charge in [-0.1, -0.05) is 18.2 Å². The van der Waals surface area contributed by atoms with Crippen LogP contribution in [-0.4, -0.2) is 10.7 Å². The zero-order valence-electron chi connectivity index (χ0n) is 7.64. The quantitative estimate of drug-likeness (QED) is 0.545. The highest BCUT2D eigenvalue weighted by Gasteiger charge is 2.37. The Kier molecular flexibility index (Phi) is 1.65. The second kappa shape index (κ2) is 2.46. The molecule has 0 spiro atoms. The van der Waals surface area contributed by atoms with E-state index >= 15 is 0 Å². The maximum atomic E-state index is 10.2. The summed E-state index contributed by atoms with van der Waals surface area (Å²) in [6.45, 7) is 6.05. The van der Waals surface area contributed by atoms with Gasteiger partial charge in [0.15, 0.2) is 0 Å². The van der Waals surface area contributed by atoms with Crippen LogP contribution in [0, 0.1) is 5.92 Å². The predicted molar refractivity (Wildman–Crippen MR) is 49.8 cm³/mol. The standard InChI is InChI=1S/C11H16O/c1-8-5-10-3-4-11(12,7-8)9(2)6-10/h6,10,12H,1,3-5,7H2,2H3. The molecule has 1 nitrogen and oxygen atoms in total. The molecule has 0 amide bonds. The van der Waals surface area contributed by atoms with Crippen molar-refractivity contribution in [2.45, 2.75) is 38.2 Å². The zero-order chi connectivity index (χ0) is 8.77. The minimum atomic E-state index is -0.538. The predicted octanol–water partition coefficient (Wildman–Crippen LogP) is 2.42. The second-order valence-electron chi connectivity index (χ2n) is 4.31. The maximum Gasteiger partial charge on any atom is 0.0891 e. The highest BCUT2D eigenvalue weighted by molar-refractivity contribution is 5.27. The largest absolute Gasteiger partial charge is 0.385 e. The van der Waals surface area contributed by atoms with E-state index in [0.717, 1.165) is 31.3 Å². The average molecular weight is 164 g/mol. The minimum Gasteiger partial charge on any atom is -0.385 e. The van der Waals surface area contributed by atoms with Crippen LogP contribution in [0.15, 0.2) is 23.8 Å². The fourth-order valence-electron chi connectivity index (χ4n) is 2.46. The topological polar surface area (TPSA) is 20.2 Å². The smallest absolute Gasteiger partial charge is 0.0891 e. The highest BCUT2D eigenvalue weighted by atomic mass is 16.3. The van der Waals surface area contributed by atoms with Crippen molar-refractivity contribution in [1.82, 2.24) is 0 Å². The third-order valence-corrected chi connectivity index (χ3v) is 3.24. The third kappa shape index (κ3) is 1.13. The van der Waals surface area contributed by atoms with E-state index in [-0.39, 0.29) is 0 Å². The highest BCUT2D eigenvalue weighted by Crippen LogP contribution is 2.42. The van der Waals surface area contributed by atoms with Crippen molar-refractivity contribution in [3.63, 3.8) is 0 Å². The van der Waals surface area contributed by atoms with Crippen LogP contribution >= 0.6 is 0 Å². The maximum absolute atomic E-state index is 10.2. The average Bonchev–Trinajstić information content (AvgIpc) is 2.15. The van der Waals surface area contributed by atoms with E-state index in [0.29, 0.717) is 5.92 Å². The molecule has 2 unspecified atom stereocenters. The Morgan fingerprint density at radius 3 is 3.08 bits per heavy atom. The van der Waals surface area contributed by atoms with Gasteiger partial charge >= 0.3 is 0 Å². The van der Waals surface area contributed by atoms with Crippen LogP contribution in [0.25, 0.3) is 0 Å². The lowest BCUT2D eigenvalue weighted by atomic mass is 9.81. The lowest BCUT2D eigenvalue weighted by Crippen LogP contribution is -2.31. The molecular weight excluding hydrogens is 148 g/mol. The molecule has 0 aromatic carbocycles. The van der Waals surface area contributed by atoms with Crippen LogP contribution in [0.4, 0.5) is 0 Å². The number of hydrogen-bond donors (Lipinski definition) is 1. The monoisotopic (exact) mass is 164 g/mol. The number of allylic oxidation sites excluding steroid dienone is 1. The van der Waals surface area contributed by atoms with Crippen LogP contribution in [-0.2, 0) is 0 Å². The van der Waals surface area contributed by atoms with Crippen molar-refractivity contribution in [2.75, 3.05) is 0 Å². The van der Waals surface area contributed by atoms with Crippen molar-refractivity contribution in [2.24, 2.45) is 5.92 Å². The summed E-state index contributed by atoms with van der Waals surface area (Å²) in [6.07, 6.45) is 6.17. The van der Waals surface area contributed by atoms with Gasteiger partial charge < -0.3 is 5.11 Å². The van der Waals surface area contributed by atoms with E-state index in [1.807, 2.05) is 6.92 Å². The summed E-state index contributed by atoms with van der Waals surface area (Å²) in [7, 11) is 0. The van der Waals surface area contributed by atoms with Crippen molar-refractivity contribution in [1.29, 1.82) is 0 Å². The first-order valence-corrected chi connectivity index (χ1v) is 4.68. The van der Waals surface area contributed by atoms with Gasteiger partial charge in [-0.2, -0.15) is 0 Å². The molecule has 0 aromatic heterocycles. The molecule has 3 rings (SSSR count). The molecule has 1 heteroatoms. The van der Waals surface area contributed by atoms with Gasteiger partial charge in [0.05, 0.1) is 5.60 Å². The zero-order valence-corrected chi connectivity index (χ0v) is 7.64. The Labute approximate surface area is 73.8 Å². The molecule has 0 aliphatic heterocycles. The van der Waals surface area contributed by atoms with Gasteiger partial charge in [-0.3, -0.25) is 0 Å². The van der Waals surface area contributed by atoms with Crippen LogP contribution in [0.2, 0.25) is 0 Å². The normalized spacial score (nSPS) is 41.0. The molecular formula is C11H16O. The first-order valence-electron chi connectivity index (χ1n) is 4.68. The van der Waals surface area contributed by atoms with Gasteiger partial charge in [0.2, 0.25) is 0 Å². The first kappa shape index (κ1) is 8.06. The number of hydrogen-bond acceptors (Lipinski definition) is 1. The van der Waals surface area contributed by atoms with Crippen LogP contribution in [0.5, 0.6) is 0 Å². The van der Waals surface area contributed by atoms with Gasteiger partial charge in [-0.25, -0.2) is 0 Å². The van der Waals surface area contributed by atoms with Gasteiger partial charge in [0.1, 0.15) is 0 Å². The molecule has 0 radical (unpaired) electrons. The summed E-state index contributed by atoms with van der Waals surface area (Å²) in [4.78, 5) is 0. The molecule has 3 aliphatic rings. The summed E-state index contributed by atoms with van der Waals surface area (Å²) in [5.74, 6) is 0.653. The Hall–Kier alpha value is -0.560. The molecule has 1 N–H and O–H groups in total. The van der Waals surface area contributed by atoms with Crippen LogP contribution < -0.4 is 0 Å². The molecule has 12 heavy (non-hydrogen) atoms. The minimum absolute atomic E-state index is 0.538. The Morgan fingerprint density at radius 2 is 2.42 bits per heavy atom. The summed E-state index contributed by atoms with van der Waals surface area (Å²) < 4.78 is 0. The van der Waals surface area contributed by atoms with E-state index in [1.165, 1.54) is 5.57 Å². The van der Waals surface area contributed by atoms with E-state index in [9.17, 15) is 5.11 Å². The van der Waals surface area contributed by atoms with Crippen LogP contribution in [0.1, 0.15) is 32.6 Å². The van der Waals surface area contributed by atoms with Gasteiger partial charge in [-0.15, -0.1) is 0 Å². The van der Waals surface area contributed by atoms with Crippen LogP contribution in [0.3, 0.4) is 0 Å². The Morgan fingerprint density at radius 1 is 1.67 bits per heavy atom. The van der Waals surface area contributed by atoms with E-state index < -0.39 is 5.60 Å². The molecule has 3 aliphatic carbocycles. The summed E-state index contributed by atoms with van der Waals surface area (Å²) in [5, 5.41) is 10.2. The van der Waals surface area contributed by atoms with Gasteiger partial charge in [0, 0.05) is 6.42 Å². The summed E-state index contributed by atoms with van der Waals surface area (Å²) in [5.41, 5.74) is 1.84. The van der Waals surface area contributed by atoms with Crippen molar-refractivity contribution in [3.8, 4) is 0 Å². The van der Waals surface area contributed by atoms with Crippen molar-refractivity contribution >= 4 is 0 Å². The fraction of sp³-hybridized carbons (Fsp3) is 0.636. The molecule has 0 heterocycles. The molecule has 0 saturated heterocycles. The second-order valence-corrected chi connectivity index (χ2v) is 4.31. The van der Waals surface area contributed by atoms with E-state index in [4.69, 9.17) is 0 Å². The van der Waals surface area contributed by atoms with Crippen molar-refractivity contribution in [3.05, 3.63) is 23.8 Å². The molecule has 2 atom stereocenters. The summed E-state index contributed by atoms with van der Waals surface area (Å²) in [6, 6.07) is 0. The van der Waals surface area contributed by atoms with Gasteiger partial charge in [0.25, 0.3) is 0 Å². The van der Waals surface area contributed by atoms with E-state index in [1.54, 1.807) is 0 Å². The first-order chi connectivity index (χ1) is 5.60. The Balaban J connectivity index is 2.38. The Bertz CT molecular complexity index is 252. The molecule has 66 valence electrons. The molecule has 1 saturated carbocycles. The SMILES string of the molecule is C=C1CC2C=C(C)C(O)(CC2)C1.